The molecule has 3 unspecified atom stereocenters. The molecule has 0 spiro atoms. The molecule has 0 rings (SSSR count). The summed E-state index contributed by atoms with van der Waals surface area (Å²) >= 11 is 8.82. The number of hydrogen-bond donors (Lipinski definition) is 0. The van der Waals surface area contributed by atoms with Crippen molar-refractivity contribution in [3.8, 4) is 82.9 Å². The van der Waals surface area contributed by atoms with Gasteiger partial charge in [0.2, 0.25) is 0 Å². The lowest BCUT2D eigenvalue weighted by atomic mass is 10.1. The molecule has 0 aliphatic carbocycles. The van der Waals surface area contributed by atoms with E-state index in [1.807, 2.05) is 27.7 Å². The third-order valence-corrected chi connectivity index (χ3v) is 11.7. The van der Waals surface area contributed by atoms with Gasteiger partial charge in [-0.25, -0.2) is 0 Å². The molecule has 0 aromatic rings. The Labute approximate surface area is 478 Å². The Morgan fingerprint density at radius 2 is 0.370 bits per heavy atom. The molecule has 0 heterocycles. The zero-order valence-corrected chi connectivity index (χ0v) is 57.7. The standard InChI is InChI=1S/3C11H20.2C10H18.2C7H12.C2H6.P2S2/c3*1-5-11(4)9-7-6-8-10(2)3;2*1-9(2)7-5-6-8-10(3)4;2*1-4-5-6-7(2)3;1-2;3-1-2-4/h3*10-11H,5,8-9H2,1-4H3;2*9-10H,7-8H2,1-4H3;2*7H,6H2,1-3H3;1-2H3;. The van der Waals surface area contributed by atoms with Gasteiger partial charge in [-0.1, -0.05) is 199 Å². The minimum Gasteiger partial charge on any atom is -0.107 e. The second-order valence-electron chi connectivity index (χ2n) is 22.3. The molecule has 0 bridgehead atoms. The first-order chi connectivity index (χ1) is 34.2. The summed E-state index contributed by atoms with van der Waals surface area (Å²) in [6, 6.07) is 0. The van der Waals surface area contributed by atoms with Crippen LogP contribution in [0.1, 0.15) is 290 Å². The van der Waals surface area contributed by atoms with Crippen LogP contribution in [0.2, 0.25) is 0 Å². The van der Waals surface area contributed by atoms with Gasteiger partial charge in [-0.05, 0) is 108 Å². The van der Waals surface area contributed by atoms with E-state index in [2.05, 4.69) is 273 Å². The first kappa shape index (κ1) is 90.5. The maximum atomic E-state index is 4.41. The van der Waals surface area contributed by atoms with Gasteiger partial charge in [0.05, 0.1) is 0 Å². The van der Waals surface area contributed by atoms with Gasteiger partial charge in [-0.15, -0.1) is 82.9 Å². The van der Waals surface area contributed by atoms with E-state index in [4.69, 9.17) is 0 Å². The van der Waals surface area contributed by atoms with Crippen LogP contribution in [0.15, 0.2) is 0 Å². The largest absolute Gasteiger partial charge is 0.107 e. The molecule has 424 valence electrons. The summed E-state index contributed by atoms with van der Waals surface area (Å²) in [6.45, 7) is 60.7. The molecule has 0 saturated carbocycles. The third kappa shape index (κ3) is 140. The van der Waals surface area contributed by atoms with E-state index in [0.29, 0.717) is 0 Å². The van der Waals surface area contributed by atoms with Crippen LogP contribution in [0.3, 0.4) is 0 Å². The Balaban J connectivity index is -0.0000000922. The second-order valence-corrected chi connectivity index (χ2v) is 26.6. The zero-order valence-electron chi connectivity index (χ0n) is 54.2. The van der Waals surface area contributed by atoms with Gasteiger partial charge in [0.25, 0.3) is 0 Å². The van der Waals surface area contributed by atoms with Crippen molar-refractivity contribution in [1.82, 2.24) is 0 Å². The first-order valence-corrected chi connectivity index (χ1v) is 33.4. The fraction of sp³-hybridized carbons (Fsp3) is 0.797. The van der Waals surface area contributed by atoms with Gasteiger partial charge in [0, 0.05) is 91.1 Å². The maximum Gasteiger partial charge on any atom is 0.0464 e. The summed E-state index contributed by atoms with van der Waals surface area (Å²) in [5, 5.41) is 0. The van der Waals surface area contributed by atoms with E-state index in [0.717, 1.165) is 162 Å². The van der Waals surface area contributed by atoms with Crippen molar-refractivity contribution in [3.05, 3.63) is 0 Å². The van der Waals surface area contributed by atoms with Crippen LogP contribution < -0.4 is 0 Å². The molecule has 0 radical (unpaired) electrons. The van der Waals surface area contributed by atoms with E-state index in [1.54, 1.807) is 0 Å². The molecule has 0 aromatic heterocycles. The Morgan fingerprint density at radius 1 is 0.247 bits per heavy atom. The smallest absolute Gasteiger partial charge is 0.0464 e. The Morgan fingerprint density at radius 3 is 0.452 bits per heavy atom. The highest BCUT2D eigenvalue weighted by Gasteiger charge is 1.96. The molecule has 0 fully saturated rings. The third-order valence-electron chi connectivity index (χ3n) is 9.05. The summed E-state index contributed by atoms with van der Waals surface area (Å²) in [6.07, 6.45) is 16.4. The van der Waals surface area contributed by atoms with Crippen LogP contribution in [0.5, 0.6) is 0 Å². The lowest BCUT2D eigenvalue weighted by Crippen LogP contribution is -1.88. The van der Waals surface area contributed by atoms with Crippen molar-refractivity contribution in [2.45, 2.75) is 290 Å². The van der Waals surface area contributed by atoms with Gasteiger partial charge < -0.3 is 0 Å². The predicted molar refractivity (Wildman–Crippen MR) is 353 cm³/mol. The summed E-state index contributed by atoms with van der Waals surface area (Å²) < 4.78 is 0. The van der Waals surface area contributed by atoms with E-state index in [-0.39, 0.29) is 0 Å². The van der Waals surface area contributed by atoms with Crippen LogP contribution >= 0.6 is 14.1 Å². The lowest BCUT2D eigenvalue weighted by molar-refractivity contribution is 0.579. The van der Waals surface area contributed by atoms with Gasteiger partial charge in [0.15, 0.2) is 0 Å². The summed E-state index contributed by atoms with van der Waals surface area (Å²) in [5.74, 6) is 52.4. The van der Waals surface area contributed by atoms with E-state index < -0.39 is 0 Å². The molecule has 3 atom stereocenters. The summed E-state index contributed by atoms with van der Waals surface area (Å²) in [5.41, 5.74) is 0. The van der Waals surface area contributed by atoms with Crippen LogP contribution in [0.25, 0.3) is 0 Å². The molecular formula is C69H126P2S2. The highest BCUT2D eigenvalue weighted by atomic mass is 32.7. The highest BCUT2D eigenvalue weighted by Crippen LogP contribution is 2.10. The van der Waals surface area contributed by atoms with Crippen molar-refractivity contribution in [2.24, 2.45) is 71.0 Å². The average Bonchev–Trinajstić information content (AvgIpc) is 3.33. The normalized spacial score (nSPS) is 10.4. The quantitative estimate of drug-likeness (QED) is 0.112. The van der Waals surface area contributed by atoms with Crippen molar-refractivity contribution in [3.63, 3.8) is 0 Å². The monoisotopic (exact) mass is 1080 g/mol. The highest BCUT2D eigenvalue weighted by molar-refractivity contribution is 8.40. The molecule has 73 heavy (non-hydrogen) atoms. The molecule has 0 nitrogen and oxygen atoms in total. The zero-order chi connectivity index (χ0) is 58.8. The topological polar surface area (TPSA) is 0 Å². The van der Waals surface area contributed by atoms with Crippen LogP contribution in [0.4, 0.5) is 0 Å². The lowest BCUT2D eigenvalue weighted by Gasteiger charge is -2.00. The SMILES string of the molecule is CC.CC#CCC(C)C.CC#CCC(C)C.CC(C)CC#CCC(C)C.CC(C)CC#CCC(C)C.CCC(C)CC#CCC(C)C.CCC(C)CC#CCC(C)C.CCC(C)CC#CCC(C)C.S=PP=S. The molecule has 0 saturated heterocycles. The van der Waals surface area contributed by atoms with E-state index >= 15 is 0 Å². The molecule has 0 aliphatic heterocycles. The molecule has 0 aliphatic rings. The fourth-order valence-electron chi connectivity index (χ4n) is 3.72. The van der Waals surface area contributed by atoms with Crippen LogP contribution in [-0.4, -0.2) is 0 Å². The van der Waals surface area contributed by atoms with Crippen LogP contribution in [-0.2, 0) is 23.6 Å². The van der Waals surface area contributed by atoms with E-state index in [1.165, 1.54) is 19.3 Å². The van der Waals surface area contributed by atoms with Crippen molar-refractivity contribution < 1.29 is 0 Å². The molecule has 4 heteroatoms. The molecule has 0 aromatic carbocycles. The predicted octanol–water partition coefficient (Wildman–Crippen LogP) is 23.4. The Bertz CT molecular complexity index is 1380. The van der Waals surface area contributed by atoms with Crippen molar-refractivity contribution >= 4 is 37.7 Å². The molecule has 0 N–H and O–H groups in total. The minimum atomic E-state index is 0.722. The fourth-order valence-corrected chi connectivity index (χ4v) is 3.72. The summed E-state index contributed by atoms with van der Waals surface area (Å²) in [7, 11) is 1.74. The Kier molecular flexibility index (Phi) is 97.7. The number of hydrogen-bond acceptors (Lipinski definition) is 2. The van der Waals surface area contributed by atoms with Crippen molar-refractivity contribution in [2.75, 3.05) is 0 Å². The van der Waals surface area contributed by atoms with Crippen molar-refractivity contribution in [1.29, 1.82) is 0 Å². The number of rotatable bonds is 16. The summed E-state index contributed by atoms with van der Waals surface area (Å²) in [4.78, 5) is 0. The van der Waals surface area contributed by atoms with Gasteiger partial charge in [-0.2, -0.15) is 0 Å². The Hall–Kier alpha value is -2.04. The molecular weight excluding hydrogens is 955 g/mol. The second kappa shape index (κ2) is 78.8. The first-order valence-electron chi connectivity index (χ1n) is 28.9. The van der Waals surface area contributed by atoms with E-state index in [9.17, 15) is 0 Å². The minimum absolute atomic E-state index is 0.722. The van der Waals surface area contributed by atoms with Crippen LogP contribution in [0, 0.1) is 154 Å². The van der Waals surface area contributed by atoms with Gasteiger partial charge in [-0.3, -0.25) is 0 Å². The van der Waals surface area contributed by atoms with Gasteiger partial charge in [0.1, 0.15) is 0 Å². The maximum absolute atomic E-state index is 4.41. The van der Waals surface area contributed by atoms with Gasteiger partial charge >= 0.3 is 0 Å². The molecule has 0 amide bonds. The average molecular weight is 1080 g/mol.